The maximum atomic E-state index is 5.77. The van der Waals surface area contributed by atoms with Crippen LogP contribution in [-0.2, 0) is 0 Å². The number of hydrogen-bond donors (Lipinski definition) is 0. The predicted octanol–water partition coefficient (Wildman–Crippen LogP) is 4.28. The first-order valence-corrected chi connectivity index (χ1v) is 7.05. The van der Waals surface area contributed by atoms with Gasteiger partial charge in [-0.3, -0.25) is 4.98 Å². The van der Waals surface area contributed by atoms with Gasteiger partial charge in [0.15, 0.2) is 0 Å². The number of aryl methyl sites for hydroxylation is 1. The summed E-state index contributed by atoms with van der Waals surface area (Å²) in [4.78, 5) is 13.0. The molecule has 0 amide bonds. The number of para-hydroxylation sites is 1. The predicted molar refractivity (Wildman–Crippen MR) is 86.1 cm³/mol. The van der Waals surface area contributed by atoms with E-state index in [1.165, 1.54) is 5.56 Å². The van der Waals surface area contributed by atoms with Crippen LogP contribution >= 0.6 is 0 Å². The summed E-state index contributed by atoms with van der Waals surface area (Å²) in [7, 11) is 0. The molecule has 0 atom stereocenters. The highest BCUT2D eigenvalue weighted by Gasteiger charge is 2.05. The standard InChI is InChI=1S/C18H13N3O/c1-12-8-9-19-17-10-14(6-7-15(12)17)22-18-20-11-13-4-2-3-5-16(13)21-18/h2-11H,1H3. The summed E-state index contributed by atoms with van der Waals surface area (Å²) in [5.41, 5.74) is 2.96. The summed E-state index contributed by atoms with van der Waals surface area (Å²) in [5, 5.41) is 2.11. The number of pyridine rings is 1. The normalized spacial score (nSPS) is 11.0. The van der Waals surface area contributed by atoms with Crippen molar-refractivity contribution in [1.29, 1.82) is 0 Å². The maximum absolute atomic E-state index is 5.77. The fourth-order valence-electron chi connectivity index (χ4n) is 2.44. The van der Waals surface area contributed by atoms with Crippen molar-refractivity contribution in [3.8, 4) is 11.8 Å². The van der Waals surface area contributed by atoms with E-state index in [-0.39, 0.29) is 0 Å². The largest absolute Gasteiger partial charge is 0.424 e. The minimum Gasteiger partial charge on any atom is -0.424 e. The number of hydrogen-bond acceptors (Lipinski definition) is 4. The lowest BCUT2D eigenvalue weighted by Gasteiger charge is -2.06. The topological polar surface area (TPSA) is 47.9 Å². The molecule has 22 heavy (non-hydrogen) atoms. The molecule has 4 nitrogen and oxygen atoms in total. The van der Waals surface area contributed by atoms with E-state index < -0.39 is 0 Å². The minimum absolute atomic E-state index is 0.339. The molecule has 2 aromatic carbocycles. The van der Waals surface area contributed by atoms with Crippen molar-refractivity contribution >= 4 is 21.8 Å². The van der Waals surface area contributed by atoms with Gasteiger partial charge in [0, 0.05) is 29.2 Å². The van der Waals surface area contributed by atoms with Crippen LogP contribution < -0.4 is 4.74 Å². The molecule has 106 valence electrons. The lowest BCUT2D eigenvalue weighted by molar-refractivity contribution is 0.445. The summed E-state index contributed by atoms with van der Waals surface area (Å²) in [6.07, 6.45) is 3.56. The minimum atomic E-state index is 0.339. The number of rotatable bonds is 2. The van der Waals surface area contributed by atoms with Crippen LogP contribution in [0.4, 0.5) is 0 Å². The molecule has 0 spiro atoms. The average Bonchev–Trinajstić information content (AvgIpc) is 2.55. The van der Waals surface area contributed by atoms with Crippen LogP contribution in [0, 0.1) is 6.92 Å². The van der Waals surface area contributed by atoms with E-state index in [1.54, 1.807) is 12.4 Å². The van der Waals surface area contributed by atoms with Gasteiger partial charge >= 0.3 is 6.01 Å². The van der Waals surface area contributed by atoms with Crippen LogP contribution in [0.25, 0.3) is 21.8 Å². The van der Waals surface area contributed by atoms with Crippen molar-refractivity contribution in [2.75, 3.05) is 0 Å². The first kappa shape index (κ1) is 12.7. The highest BCUT2D eigenvalue weighted by Crippen LogP contribution is 2.25. The SMILES string of the molecule is Cc1ccnc2cc(Oc3ncc4ccccc4n3)ccc12. The van der Waals surface area contributed by atoms with Gasteiger partial charge in [0.2, 0.25) is 0 Å². The molecule has 4 aromatic rings. The number of nitrogens with zero attached hydrogens (tertiary/aromatic N) is 3. The van der Waals surface area contributed by atoms with Crippen LogP contribution in [-0.4, -0.2) is 15.0 Å². The molecule has 0 aliphatic rings. The lowest BCUT2D eigenvalue weighted by atomic mass is 10.1. The molecule has 2 aromatic heterocycles. The van der Waals surface area contributed by atoms with Gasteiger partial charge < -0.3 is 4.74 Å². The fraction of sp³-hybridized carbons (Fsp3) is 0.0556. The van der Waals surface area contributed by atoms with Crippen LogP contribution in [0.2, 0.25) is 0 Å². The van der Waals surface area contributed by atoms with Crippen molar-refractivity contribution in [3.05, 3.63) is 66.5 Å². The molecule has 2 heterocycles. The van der Waals surface area contributed by atoms with Gasteiger partial charge in [-0.1, -0.05) is 18.2 Å². The number of fused-ring (bicyclic) bond motifs is 2. The number of aromatic nitrogens is 3. The van der Waals surface area contributed by atoms with Gasteiger partial charge in [-0.2, -0.15) is 4.98 Å². The third kappa shape index (κ3) is 2.24. The van der Waals surface area contributed by atoms with E-state index in [0.717, 1.165) is 21.8 Å². The van der Waals surface area contributed by atoms with Crippen LogP contribution in [0.3, 0.4) is 0 Å². The fourth-order valence-corrected chi connectivity index (χ4v) is 2.44. The van der Waals surface area contributed by atoms with E-state index in [4.69, 9.17) is 4.74 Å². The third-order valence-electron chi connectivity index (χ3n) is 3.61. The summed E-state index contributed by atoms with van der Waals surface area (Å²) in [5.74, 6) is 0.681. The van der Waals surface area contributed by atoms with E-state index in [0.29, 0.717) is 11.8 Å². The molecule has 0 unspecified atom stereocenters. The van der Waals surface area contributed by atoms with Crippen molar-refractivity contribution < 1.29 is 4.74 Å². The van der Waals surface area contributed by atoms with Crippen LogP contribution in [0.15, 0.2) is 60.9 Å². The van der Waals surface area contributed by atoms with Crippen molar-refractivity contribution in [2.45, 2.75) is 6.92 Å². The number of ether oxygens (including phenoxy) is 1. The van der Waals surface area contributed by atoms with E-state index >= 15 is 0 Å². The number of benzene rings is 2. The lowest BCUT2D eigenvalue weighted by Crippen LogP contribution is -1.92. The van der Waals surface area contributed by atoms with Gasteiger partial charge in [0.1, 0.15) is 5.75 Å². The highest BCUT2D eigenvalue weighted by molar-refractivity contribution is 5.83. The summed E-state index contributed by atoms with van der Waals surface area (Å²) in [6.45, 7) is 2.07. The second kappa shape index (κ2) is 5.07. The Balaban J connectivity index is 1.72. The Morgan fingerprint density at radius 1 is 0.909 bits per heavy atom. The van der Waals surface area contributed by atoms with Gasteiger partial charge in [-0.05, 0) is 36.8 Å². The summed E-state index contributed by atoms with van der Waals surface area (Å²) in [6, 6.07) is 16.0. The Labute approximate surface area is 127 Å². The van der Waals surface area contributed by atoms with Crippen LogP contribution in [0.5, 0.6) is 11.8 Å². The molecule has 0 N–H and O–H groups in total. The van der Waals surface area contributed by atoms with Crippen LogP contribution in [0.1, 0.15) is 5.56 Å². The molecule has 0 aliphatic heterocycles. The van der Waals surface area contributed by atoms with Crippen molar-refractivity contribution in [2.24, 2.45) is 0 Å². The second-order valence-electron chi connectivity index (χ2n) is 5.12. The van der Waals surface area contributed by atoms with Crippen molar-refractivity contribution in [3.63, 3.8) is 0 Å². The molecule has 0 saturated carbocycles. The van der Waals surface area contributed by atoms with Gasteiger partial charge in [-0.15, -0.1) is 0 Å². The first-order valence-electron chi connectivity index (χ1n) is 7.05. The maximum Gasteiger partial charge on any atom is 0.322 e. The molecule has 0 saturated heterocycles. The summed E-state index contributed by atoms with van der Waals surface area (Å²) >= 11 is 0. The molecular weight excluding hydrogens is 274 g/mol. The molecule has 0 aliphatic carbocycles. The van der Waals surface area contributed by atoms with E-state index in [2.05, 4.69) is 21.9 Å². The quantitative estimate of drug-likeness (QED) is 0.552. The molecule has 4 heteroatoms. The first-order chi connectivity index (χ1) is 10.8. The van der Waals surface area contributed by atoms with E-state index in [1.807, 2.05) is 48.5 Å². The van der Waals surface area contributed by atoms with Crippen molar-refractivity contribution in [1.82, 2.24) is 15.0 Å². The highest BCUT2D eigenvalue weighted by atomic mass is 16.5. The molecule has 0 radical (unpaired) electrons. The Kier molecular flexibility index (Phi) is 2.93. The monoisotopic (exact) mass is 287 g/mol. The Morgan fingerprint density at radius 3 is 2.77 bits per heavy atom. The summed E-state index contributed by atoms with van der Waals surface area (Å²) < 4.78 is 5.77. The Bertz CT molecular complexity index is 982. The zero-order chi connectivity index (χ0) is 14.9. The zero-order valence-corrected chi connectivity index (χ0v) is 12.0. The van der Waals surface area contributed by atoms with Gasteiger partial charge in [0.05, 0.1) is 11.0 Å². The van der Waals surface area contributed by atoms with Gasteiger partial charge in [0.25, 0.3) is 0 Å². The smallest absolute Gasteiger partial charge is 0.322 e. The second-order valence-corrected chi connectivity index (χ2v) is 5.12. The molecule has 4 rings (SSSR count). The molecular formula is C18H13N3O. The van der Waals surface area contributed by atoms with Gasteiger partial charge in [-0.25, -0.2) is 4.98 Å². The van der Waals surface area contributed by atoms with E-state index in [9.17, 15) is 0 Å². The molecule has 0 fully saturated rings. The third-order valence-corrected chi connectivity index (χ3v) is 3.61. The zero-order valence-electron chi connectivity index (χ0n) is 12.0. The average molecular weight is 287 g/mol. The molecule has 0 bridgehead atoms. The Hall–Kier alpha value is -3.01. The Morgan fingerprint density at radius 2 is 1.82 bits per heavy atom.